The minimum Gasteiger partial charge on any atom is -0.459 e. The Labute approximate surface area is 239 Å². The number of fused-ring (bicyclic) bond motifs is 1. The zero-order valence-corrected chi connectivity index (χ0v) is 24.9. The number of amides is 2. The molecule has 0 radical (unpaired) electrons. The van der Waals surface area contributed by atoms with Gasteiger partial charge in [-0.15, -0.1) is 11.3 Å². The number of para-hydroxylation sites is 1. The Morgan fingerprint density at radius 2 is 1.57 bits per heavy atom. The van der Waals surface area contributed by atoms with Crippen LogP contribution < -0.4 is 5.32 Å². The highest BCUT2D eigenvalue weighted by Crippen LogP contribution is 2.37. The first kappa shape index (κ1) is 29.0. The van der Waals surface area contributed by atoms with E-state index in [1.807, 2.05) is 76.2 Å². The number of carbonyl (C=O) groups is 3. The molecule has 7 nitrogen and oxygen atoms in total. The molecular formula is C32H35N3O4S. The Hall–Kier alpha value is -4.04. The SMILES string of the molecule is CCN(CC)C(=O)c1sc(NC(=O)c2c(C)c(-c3ccc(C)cc3)nc3ccccc23)c(C(=O)OC(C)C)c1C. The third kappa shape index (κ3) is 5.63. The first-order valence-corrected chi connectivity index (χ1v) is 14.3. The van der Waals surface area contributed by atoms with Gasteiger partial charge >= 0.3 is 5.97 Å². The second-order valence-corrected chi connectivity index (χ2v) is 11.0. The summed E-state index contributed by atoms with van der Waals surface area (Å²) in [6.07, 6.45) is -0.360. The van der Waals surface area contributed by atoms with E-state index in [4.69, 9.17) is 9.72 Å². The molecule has 8 heteroatoms. The van der Waals surface area contributed by atoms with E-state index in [0.29, 0.717) is 50.7 Å². The summed E-state index contributed by atoms with van der Waals surface area (Å²) in [6, 6.07) is 15.5. The van der Waals surface area contributed by atoms with Crippen molar-refractivity contribution in [3.05, 3.63) is 81.2 Å². The van der Waals surface area contributed by atoms with Gasteiger partial charge < -0.3 is 15.0 Å². The van der Waals surface area contributed by atoms with E-state index in [2.05, 4.69) is 5.32 Å². The predicted octanol–water partition coefficient (Wildman–Crippen LogP) is 7.19. The van der Waals surface area contributed by atoms with Crippen LogP contribution in [0.4, 0.5) is 5.00 Å². The van der Waals surface area contributed by atoms with Crippen molar-refractivity contribution in [3.63, 3.8) is 0 Å². The van der Waals surface area contributed by atoms with Crippen LogP contribution >= 0.6 is 11.3 Å². The molecule has 0 aliphatic carbocycles. The van der Waals surface area contributed by atoms with Crippen LogP contribution in [-0.2, 0) is 4.74 Å². The van der Waals surface area contributed by atoms with Crippen molar-refractivity contribution >= 4 is 45.0 Å². The van der Waals surface area contributed by atoms with E-state index >= 15 is 0 Å². The van der Waals surface area contributed by atoms with Crippen molar-refractivity contribution in [3.8, 4) is 11.3 Å². The van der Waals surface area contributed by atoms with Gasteiger partial charge in [0.2, 0.25) is 0 Å². The number of esters is 1. The zero-order valence-electron chi connectivity index (χ0n) is 24.0. The molecule has 0 saturated carbocycles. The summed E-state index contributed by atoms with van der Waals surface area (Å²) < 4.78 is 5.51. The van der Waals surface area contributed by atoms with E-state index in [1.54, 1.807) is 25.7 Å². The lowest BCUT2D eigenvalue weighted by atomic mass is 9.96. The number of rotatable bonds is 8. The Morgan fingerprint density at radius 3 is 2.20 bits per heavy atom. The highest BCUT2D eigenvalue weighted by molar-refractivity contribution is 7.18. The maximum atomic E-state index is 14.0. The first-order valence-electron chi connectivity index (χ1n) is 13.5. The molecule has 2 heterocycles. The third-order valence-electron chi connectivity index (χ3n) is 6.85. The van der Waals surface area contributed by atoms with Crippen LogP contribution in [0.5, 0.6) is 0 Å². The molecule has 0 aliphatic rings. The van der Waals surface area contributed by atoms with Crippen LogP contribution in [0.2, 0.25) is 0 Å². The van der Waals surface area contributed by atoms with E-state index in [9.17, 15) is 14.4 Å². The number of aromatic nitrogens is 1. The van der Waals surface area contributed by atoms with Crippen LogP contribution in [0.3, 0.4) is 0 Å². The number of benzene rings is 2. The van der Waals surface area contributed by atoms with Crippen molar-refractivity contribution in [2.75, 3.05) is 18.4 Å². The summed E-state index contributed by atoms with van der Waals surface area (Å²) >= 11 is 1.11. The Bertz CT molecular complexity index is 1580. The summed E-state index contributed by atoms with van der Waals surface area (Å²) in [7, 11) is 0. The molecule has 2 aromatic carbocycles. The second-order valence-electron chi connectivity index (χ2n) is 9.99. The van der Waals surface area contributed by atoms with Crippen LogP contribution in [0.1, 0.15) is 74.8 Å². The molecule has 40 heavy (non-hydrogen) atoms. The van der Waals surface area contributed by atoms with Gasteiger partial charge in [0, 0.05) is 24.0 Å². The van der Waals surface area contributed by atoms with Crippen LogP contribution in [-0.4, -0.2) is 46.9 Å². The molecular weight excluding hydrogens is 522 g/mol. The molecule has 0 fully saturated rings. The summed E-state index contributed by atoms with van der Waals surface area (Å²) in [5, 5.41) is 3.97. The molecule has 4 aromatic rings. The summed E-state index contributed by atoms with van der Waals surface area (Å²) in [5.41, 5.74) is 5.33. The topological polar surface area (TPSA) is 88.6 Å². The van der Waals surface area contributed by atoms with Gasteiger partial charge in [0.1, 0.15) is 5.00 Å². The van der Waals surface area contributed by atoms with Gasteiger partial charge in [-0.3, -0.25) is 9.59 Å². The molecule has 1 N–H and O–H groups in total. The van der Waals surface area contributed by atoms with Gasteiger partial charge in [0.05, 0.1) is 33.3 Å². The highest BCUT2D eigenvalue weighted by Gasteiger charge is 2.30. The van der Waals surface area contributed by atoms with E-state index < -0.39 is 5.97 Å². The van der Waals surface area contributed by atoms with E-state index in [0.717, 1.165) is 28.0 Å². The number of ether oxygens (including phenoxy) is 1. The van der Waals surface area contributed by atoms with Crippen LogP contribution in [0, 0.1) is 20.8 Å². The van der Waals surface area contributed by atoms with E-state index in [-0.39, 0.29) is 23.5 Å². The summed E-state index contributed by atoms with van der Waals surface area (Å²) in [4.78, 5) is 47.5. The zero-order chi connectivity index (χ0) is 29.1. The largest absolute Gasteiger partial charge is 0.459 e. The van der Waals surface area contributed by atoms with Gasteiger partial charge in [-0.2, -0.15) is 0 Å². The predicted molar refractivity (Wildman–Crippen MR) is 161 cm³/mol. The van der Waals surface area contributed by atoms with Crippen molar-refractivity contribution in [2.45, 2.75) is 54.6 Å². The average Bonchev–Trinajstić information content (AvgIpc) is 3.24. The second kappa shape index (κ2) is 12.0. The minimum atomic E-state index is -0.575. The number of nitrogens with zero attached hydrogens (tertiary/aromatic N) is 2. The number of hydrogen-bond donors (Lipinski definition) is 1. The fourth-order valence-corrected chi connectivity index (χ4v) is 5.89. The molecule has 208 valence electrons. The van der Waals surface area contributed by atoms with E-state index in [1.165, 1.54) is 0 Å². The normalized spacial score (nSPS) is 11.1. The molecule has 0 aliphatic heterocycles. The Kier molecular flexibility index (Phi) is 8.69. The molecule has 0 bridgehead atoms. The maximum Gasteiger partial charge on any atom is 0.341 e. The smallest absolute Gasteiger partial charge is 0.341 e. The molecule has 2 amide bonds. The Morgan fingerprint density at radius 1 is 0.925 bits per heavy atom. The van der Waals surface area contributed by atoms with Crippen molar-refractivity contribution in [1.82, 2.24) is 9.88 Å². The number of aryl methyl sites for hydroxylation is 1. The van der Waals surface area contributed by atoms with Gasteiger partial charge in [-0.1, -0.05) is 48.0 Å². The maximum absolute atomic E-state index is 14.0. The first-order chi connectivity index (χ1) is 19.1. The lowest BCUT2D eigenvalue weighted by molar-refractivity contribution is 0.0379. The number of nitrogens with one attached hydrogen (secondary N) is 1. The molecule has 0 saturated heterocycles. The van der Waals surface area contributed by atoms with Gasteiger partial charge in [0.15, 0.2) is 0 Å². The third-order valence-corrected chi connectivity index (χ3v) is 8.05. The van der Waals surface area contributed by atoms with Gasteiger partial charge in [0.25, 0.3) is 11.8 Å². The van der Waals surface area contributed by atoms with Crippen LogP contribution in [0.25, 0.3) is 22.2 Å². The highest BCUT2D eigenvalue weighted by atomic mass is 32.1. The standard InChI is InChI=1S/C32H35N3O4S/c1-8-35(9-2)31(37)28-21(7)26(32(38)39-18(3)4)30(40-28)34-29(36)25-20(6)27(22-16-14-19(5)15-17-22)33-24-13-11-10-12-23(24)25/h10-18H,8-9H2,1-7H3,(H,34,36). The quantitative estimate of drug-likeness (QED) is 0.232. The number of hydrogen-bond acceptors (Lipinski definition) is 6. The molecule has 0 unspecified atom stereocenters. The number of pyridine rings is 1. The summed E-state index contributed by atoms with van der Waals surface area (Å²) in [6.45, 7) is 14.0. The van der Waals surface area contributed by atoms with Crippen LogP contribution in [0.15, 0.2) is 48.5 Å². The molecule has 0 atom stereocenters. The summed E-state index contributed by atoms with van der Waals surface area (Å²) in [5.74, 6) is -1.14. The van der Waals surface area contributed by atoms with Crippen molar-refractivity contribution in [1.29, 1.82) is 0 Å². The number of anilines is 1. The number of carbonyl (C=O) groups excluding carboxylic acids is 3. The Balaban J connectivity index is 1.85. The van der Waals surface area contributed by atoms with Crippen molar-refractivity contribution in [2.24, 2.45) is 0 Å². The fraction of sp³-hybridized carbons (Fsp3) is 0.312. The van der Waals surface area contributed by atoms with Gasteiger partial charge in [-0.25, -0.2) is 9.78 Å². The van der Waals surface area contributed by atoms with Gasteiger partial charge in [-0.05, 0) is 65.7 Å². The lowest BCUT2D eigenvalue weighted by Crippen LogP contribution is -2.30. The average molecular weight is 558 g/mol. The fourth-order valence-electron chi connectivity index (χ4n) is 4.74. The monoisotopic (exact) mass is 557 g/mol. The minimum absolute atomic E-state index is 0.182. The number of thiophene rings is 1. The molecule has 4 rings (SSSR count). The lowest BCUT2D eigenvalue weighted by Gasteiger charge is -2.18. The van der Waals surface area contributed by atoms with Crippen molar-refractivity contribution < 1.29 is 19.1 Å². The molecule has 2 aromatic heterocycles. The molecule has 0 spiro atoms.